The average molecular weight is 321 g/mol. The quantitative estimate of drug-likeness (QED) is 0.631. The minimum atomic E-state index is -0.332. The van der Waals surface area contributed by atoms with E-state index in [2.05, 4.69) is 5.32 Å². The van der Waals surface area contributed by atoms with Crippen LogP contribution >= 0.6 is 0 Å². The first-order valence-electron chi connectivity index (χ1n) is 7.08. The third-order valence-electron chi connectivity index (χ3n) is 3.07. The summed E-state index contributed by atoms with van der Waals surface area (Å²) in [5, 5.41) is 2.86. The molecule has 2 aliphatic rings. The molecule has 0 spiro atoms. The van der Waals surface area contributed by atoms with E-state index in [1.165, 1.54) is 36.1 Å². The number of amides is 4. The van der Waals surface area contributed by atoms with Gasteiger partial charge in [-0.25, -0.2) is 0 Å². The Morgan fingerprint density at radius 2 is 1.26 bits per heavy atom. The molecule has 0 aromatic heterocycles. The van der Waals surface area contributed by atoms with Crippen molar-refractivity contribution in [3.05, 3.63) is 24.3 Å². The maximum atomic E-state index is 10.9. The van der Waals surface area contributed by atoms with Gasteiger partial charge in [-0.15, -0.1) is 0 Å². The van der Waals surface area contributed by atoms with Gasteiger partial charge in [0.05, 0.1) is 0 Å². The molecule has 2 heterocycles. The SMILES string of the molecule is CC(=O)CCN1C(=O)C=CC1=O.CNCCN1C(=O)C=CC1=O. The Hall–Kier alpha value is -2.61. The fraction of sp³-hybridized carbons (Fsp3) is 0.400. The van der Waals surface area contributed by atoms with Gasteiger partial charge in [-0.3, -0.25) is 33.8 Å². The Morgan fingerprint density at radius 1 is 0.870 bits per heavy atom. The highest BCUT2D eigenvalue weighted by atomic mass is 16.2. The zero-order valence-electron chi connectivity index (χ0n) is 13.1. The van der Waals surface area contributed by atoms with Crippen molar-refractivity contribution in [2.24, 2.45) is 0 Å². The van der Waals surface area contributed by atoms with Crippen molar-refractivity contribution in [1.82, 2.24) is 15.1 Å². The number of nitrogens with zero attached hydrogens (tertiary/aromatic N) is 2. The van der Waals surface area contributed by atoms with E-state index in [-0.39, 0.29) is 42.4 Å². The van der Waals surface area contributed by atoms with Gasteiger partial charge in [-0.2, -0.15) is 0 Å². The van der Waals surface area contributed by atoms with Gasteiger partial charge in [0.1, 0.15) is 5.78 Å². The third-order valence-corrected chi connectivity index (χ3v) is 3.07. The zero-order chi connectivity index (χ0) is 17.4. The van der Waals surface area contributed by atoms with Crippen LogP contribution in [0.25, 0.3) is 0 Å². The Bertz CT molecular complexity index is 544. The second-order valence-electron chi connectivity index (χ2n) is 4.88. The van der Waals surface area contributed by atoms with E-state index in [1.54, 1.807) is 7.05 Å². The van der Waals surface area contributed by atoms with Crippen LogP contribution in [0.15, 0.2) is 24.3 Å². The first-order valence-corrected chi connectivity index (χ1v) is 7.08. The molecule has 0 saturated heterocycles. The topological polar surface area (TPSA) is 104 Å². The second-order valence-corrected chi connectivity index (χ2v) is 4.88. The summed E-state index contributed by atoms with van der Waals surface area (Å²) in [5.74, 6) is -1.12. The molecule has 0 bridgehead atoms. The number of Topliss-reactive ketones (excluding diaryl/α,β-unsaturated/α-hetero) is 1. The van der Waals surface area contributed by atoms with E-state index in [0.29, 0.717) is 13.1 Å². The molecular formula is C15H19N3O5. The molecule has 1 N–H and O–H groups in total. The predicted octanol–water partition coefficient (Wildman–Crippen LogP) is -0.979. The van der Waals surface area contributed by atoms with Crippen LogP contribution in [-0.4, -0.2) is 65.9 Å². The lowest BCUT2D eigenvalue weighted by molar-refractivity contribution is -0.138. The summed E-state index contributed by atoms with van der Waals surface area (Å²) in [7, 11) is 1.78. The highest BCUT2D eigenvalue weighted by Crippen LogP contribution is 2.04. The van der Waals surface area contributed by atoms with Gasteiger partial charge in [0, 0.05) is 50.4 Å². The maximum Gasteiger partial charge on any atom is 0.253 e. The van der Waals surface area contributed by atoms with Gasteiger partial charge in [-0.05, 0) is 14.0 Å². The molecule has 0 aromatic rings. The molecule has 0 unspecified atom stereocenters. The van der Waals surface area contributed by atoms with Crippen LogP contribution < -0.4 is 5.32 Å². The smallest absolute Gasteiger partial charge is 0.253 e. The fourth-order valence-electron chi connectivity index (χ4n) is 1.80. The zero-order valence-corrected chi connectivity index (χ0v) is 13.1. The molecule has 4 amide bonds. The van der Waals surface area contributed by atoms with Crippen molar-refractivity contribution in [2.45, 2.75) is 13.3 Å². The standard InChI is InChI=1S/C8H9NO3.C7H10N2O2/c1-6(10)4-5-9-7(11)2-3-8(9)12;1-8-4-5-9-6(10)2-3-7(9)11/h2-3H,4-5H2,1H3;2-3,8H,4-5H2,1H3. The second kappa shape index (κ2) is 8.74. The lowest BCUT2D eigenvalue weighted by Gasteiger charge is -2.12. The Balaban J connectivity index is 0.000000231. The van der Waals surface area contributed by atoms with E-state index < -0.39 is 0 Å². The van der Waals surface area contributed by atoms with E-state index in [1.807, 2.05) is 0 Å². The molecule has 0 fully saturated rings. The molecule has 0 saturated carbocycles. The van der Waals surface area contributed by atoms with Gasteiger partial charge in [-0.1, -0.05) is 0 Å². The first kappa shape index (κ1) is 18.4. The summed E-state index contributed by atoms with van der Waals surface area (Å²) in [5.41, 5.74) is 0. The molecule has 2 rings (SSSR count). The largest absolute Gasteiger partial charge is 0.318 e. The van der Waals surface area contributed by atoms with Crippen LogP contribution in [0.4, 0.5) is 0 Å². The van der Waals surface area contributed by atoms with E-state index >= 15 is 0 Å². The molecule has 0 aromatic carbocycles. The Morgan fingerprint density at radius 3 is 1.61 bits per heavy atom. The van der Waals surface area contributed by atoms with Crippen molar-refractivity contribution in [1.29, 1.82) is 0 Å². The van der Waals surface area contributed by atoms with Crippen LogP contribution in [0.1, 0.15) is 13.3 Å². The minimum Gasteiger partial charge on any atom is -0.318 e. The van der Waals surface area contributed by atoms with Gasteiger partial charge in [0.2, 0.25) is 0 Å². The van der Waals surface area contributed by atoms with E-state index in [9.17, 15) is 24.0 Å². The summed E-state index contributed by atoms with van der Waals surface area (Å²) in [6.07, 6.45) is 5.24. The Kier molecular flexibility index (Phi) is 7.01. The van der Waals surface area contributed by atoms with Crippen molar-refractivity contribution in [2.75, 3.05) is 26.7 Å². The molecule has 8 heteroatoms. The molecule has 8 nitrogen and oxygen atoms in total. The summed E-state index contributed by atoms with van der Waals surface area (Å²) in [6.45, 7) is 2.71. The number of hydrogen-bond donors (Lipinski definition) is 1. The van der Waals surface area contributed by atoms with Crippen molar-refractivity contribution in [3.8, 4) is 0 Å². The minimum absolute atomic E-state index is 0.0255. The van der Waals surface area contributed by atoms with Gasteiger partial charge in [0.25, 0.3) is 23.6 Å². The van der Waals surface area contributed by atoms with Crippen molar-refractivity contribution in [3.63, 3.8) is 0 Å². The number of imide groups is 2. The summed E-state index contributed by atoms with van der Waals surface area (Å²) >= 11 is 0. The van der Waals surface area contributed by atoms with E-state index in [0.717, 1.165) is 4.90 Å². The van der Waals surface area contributed by atoms with Crippen LogP contribution in [-0.2, 0) is 24.0 Å². The average Bonchev–Trinajstić information content (AvgIpc) is 2.99. The summed E-state index contributed by atoms with van der Waals surface area (Å²) in [4.78, 5) is 56.4. The number of nitrogens with one attached hydrogen (secondary N) is 1. The number of carbonyl (C=O) groups excluding carboxylic acids is 5. The molecule has 0 atom stereocenters. The highest BCUT2D eigenvalue weighted by Gasteiger charge is 2.23. The number of hydrogen-bond acceptors (Lipinski definition) is 6. The van der Waals surface area contributed by atoms with Crippen molar-refractivity contribution >= 4 is 29.4 Å². The molecular weight excluding hydrogens is 302 g/mol. The predicted molar refractivity (Wildman–Crippen MR) is 80.9 cm³/mol. The lowest BCUT2D eigenvalue weighted by Crippen LogP contribution is -2.35. The summed E-state index contributed by atoms with van der Waals surface area (Å²) in [6, 6.07) is 0. The fourth-order valence-corrected chi connectivity index (χ4v) is 1.80. The third kappa shape index (κ3) is 5.59. The van der Waals surface area contributed by atoms with Crippen LogP contribution in [0.5, 0.6) is 0 Å². The van der Waals surface area contributed by atoms with Gasteiger partial charge in [0.15, 0.2) is 0 Å². The normalized spacial score (nSPS) is 16.3. The molecule has 0 aliphatic carbocycles. The number of carbonyl (C=O) groups is 5. The lowest BCUT2D eigenvalue weighted by atomic mass is 10.3. The monoisotopic (exact) mass is 321 g/mol. The Labute approximate surface area is 133 Å². The molecule has 0 radical (unpaired) electrons. The van der Waals surface area contributed by atoms with Crippen molar-refractivity contribution < 1.29 is 24.0 Å². The number of ketones is 1. The molecule has 23 heavy (non-hydrogen) atoms. The highest BCUT2D eigenvalue weighted by molar-refractivity contribution is 6.13. The van der Waals surface area contributed by atoms with Crippen LogP contribution in [0, 0.1) is 0 Å². The molecule has 2 aliphatic heterocycles. The molecule has 124 valence electrons. The van der Waals surface area contributed by atoms with Gasteiger partial charge >= 0.3 is 0 Å². The van der Waals surface area contributed by atoms with Crippen LogP contribution in [0.2, 0.25) is 0 Å². The van der Waals surface area contributed by atoms with Crippen LogP contribution in [0.3, 0.4) is 0 Å². The first-order chi connectivity index (χ1) is 10.9. The number of rotatable bonds is 6. The maximum absolute atomic E-state index is 10.9. The summed E-state index contributed by atoms with van der Waals surface area (Å²) < 4.78 is 0. The van der Waals surface area contributed by atoms with Gasteiger partial charge < -0.3 is 5.32 Å². The van der Waals surface area contributed by atoms with E-state index in [4.69, 9.17) is 0 Å². The number of likely N-dealkylation sites (N-methyl/N-ethyl adjacent to an activating group) is 1.